The number of anilines is 2. The molecule has 16 heteroatoms. The van der Waals surface area contributed by atoms with Crippen molar-refractivity contribution >= 4 is 58.1 Å². The number of aliphatic hydroxyl groups excluding tert-OH is 1. The molecule has 1 fully saturated rings. The van der Waals surface area contributed by atoms with Crippen LogP contribution in [-0.2, 0) is 30.6 Å². The van der Waals surface area contributed by atoms with E-state index in [0.29, 0.717) is 17.1 Å². The van der Waals surface area contributed by atoms with Crippen molar-refractivity contribution in [3.8, 4) is 18.1 Å². The fourth-order valence-corrected chi connectivity index (χ4v) is 7.50. The van der Waals surface area contributed by atoms with Crippen molar-refractivity contribution in [1.29, 1.82) is 0 Å². The number of benzene rings is 2. The molecule has 256 valence electrons. The van der Waals surface area contributed by atoms with E-state index in [0.717, 1.165) is 10.8 Å². The first-order valence-electron chi connectivity index (χ1n) is 15.1. The minimum absolute atomic E-state index is 0.0796. The summed E-state index contributed by atoms with van der Waals surface area (Å²) in [5.74, 6) is 2.19. The second kappa shape index (κ2) is 13.5. The number of nitrogens with two attached hydrogens (primary N) is 1. The minimum atomic E-state index is -3.64. The van der Waals surface area contributed by atoms with Gasteiger partial charge in [0, 0.05) is 19.5 Å². The Balaban J connectivity index is 1.43. The third kappa shape index (κ3) is 7.24. The average molecular weight is 700 g/mol. The van der Waals surface area contributed by atoms with E-state index >= 15 is 4.39 Å². The Kier molecular flexibility index (Phi) is 9.99. The zero-order valence-corrected chi connectivity index (χ0v) is 29.2. The van der Waals surface area contributed by atoms with E-state index in [4.69, 9.17) is 42.5 Å². The number of alkyl halides is 1. The number of hydrogen-bond acceptors (Lipinski definition) is 12. The summed E-state index contributed by atoms with van der Waals surface area (Å²) in [7, 11) is 3.49. The van der Waals surface area contributed by atoms with E-state index in [1.54, 1.807) is 38.1 Å². The maximum Gasteiger partial charge on any atom is 0.323 e. The van der Waals surface area contributed by atoms with Gasteiger partial charge >= 0.3 is 12.6 Å². The van der Waals surface area contributed by atoms with Gasteiger partial charge in [-0.3, -0.25) is 9.36 Å². The van der Waals surface area contributed by atoms with Crippen molar-refractivity contribution in [2.45, 2.75) is 57.8 Å². The minimum Gasteiger partial charge on any atom is -0.464 e. The largest absolute Gasteiger partial charge is 0.464 e. The summed E-state index contributed by atoms with van der Waals surface area (Å²) >= 11 is 5.91. The average Bonchev–Trinajstić information content (AvgIpc) is 3.55. The quantitative estimate of drug-likeness (QED) is 0.117. The van der Waals surface area contributed by atoms with Crippen molar-refractivity contribution < 1.29 is 32.8 Å². The Bertz CT molecular complexity index is 1910. The van der Waals surface area contributed by atoms with E-state index in [9.17, 15) is 9.90 Å². The number of rotatable bonds is 11. The Morgan fingerprint density at radius 3 is 2.69 bits per heavy atom. The summed E-state index contributed by atoms with van der Waals surface area (Å²) < 4.78 is 41.8. The highest BCUT2D eigenvalue weighted by atomic mass is 32.5. The number of carbonyl (C=O) groups is 1. The molecule has 48 heavy (non-hydrogen) atoms. The molecular formula is C32H39FN7O6PS. The predicted octanol–water partition coefficient (Wildman–Crippen LogP) is 4.12. The van der Waals surface area contributed by atoms with Crippen molar-refractivity contribution in [2.75, 3.05) is 37.9 Å². The lowest BCUT2D eigenvalue weighted by Crippen LogP contribution is -2.42. The lowest BCUT2D eigenvalue weighted by atomic mass is 9.97. The zero-order chi connectivity index (χ0) is 35.0. The van der Waals surface area contributed by atoms with Gasteiger partial charge in [-0.2, -0.15) is 9.97 Å². The SMILES string of the molecule is C#C[C@@]1(F)[C@H](O)[C@@H](COP(=S)(N[C@H](C)C(=O)OCC(C)(C)C)Oc2cccc3ccccc23)O[C@H]1n1cnc2c(N(C)C)nc(N)nc21. The molecular weight excluding hydrogens is 660 g/mol. The van der Waals surface area contributed by atoms with Gasteiger partial charge in [0.1, 0.15) is 24.0 Å². The topological polar surface area (TPSA) is 159 Å². The smallest absolute Gasteiger partial charge is 0.323 e. The lowest BCUT2D eigenvalue weighted by Gasteiger charge is -2.28. The highest BCUT2D eigenvalue weighted by Crippen LogP contribution is 2.49. The Labute approximate surface area is 283 Å². The number of terminal acetylenes is 1. The van der Waals surface area contributed by atoms with Crippen LogP contribution in [0.4, 0.5) is 16.2 Å². The molecule has 1 aliphatic heterocycles. The van der Waals surface area contributed by atoms with Crippen LogP contribution in [0.15, 0.2) is 48.8 Å². The van der Waals surface area contributed by atoms with E-state index in [1.807, 2.05) is 57.0 Å². The number of esters is 1. The van der Waals surface area contributed by atoms with Crippen LogP contribution in [0, 0.1) is 17.8 Å². The van der Waals surface area contributed by atoms with Crippen molar-refractivity contribution in [3.05, 3.63) is 48.8 Å². The number of nitrogens with zero attached hydrogens (tertiary/aromatic N) is 5. The Morgan fingerprint density at radius 2 is 2.00 bits per heavy atom. The molecule has 0 radical (unpaired) electrons. The molecule has 4 aromatic rings. The van der Waals surface area contributed by atoms with Gasteiger partial charge in [-0.1, -0.05) is 63.1 Å². The second-order valence-electron chi connectivity index (χ2n) is 12.9. The lowest BCUT2D eigenvalue weighted by molar-refractivity contribution is -0.148. The van der Waals surface area contributed by atoms with E-state index in [1.165, 1.54) is 10.9 Å². The Hall–Kier alpha value is -3.90. The molecule has 6 atom stereocenters. The molecule has 1 unspecified atom stereocenters. The first kappa shape index (κ1) is 35.4. The van der Waals surface area contributed by atoms with Gasteiger partial charge in [0.2, 0.25) is 11.6 Å². The maximum absolute atomic E-state index is 16.5. The van der Waals surface area contributed by atoms with Crippen LogP contribution < -0.4 is 20.2 Å². The number of aliphatic hydroxyl groups is 1. The summed E-state index contributed by atoms with van der Waals surface area (Å²) in [5, 5.41) is 15.8. The fraction of sp³-hybridized carbons (Fsp3) is 0.438. The van der Waals surface area contributed by atoms with Crippen LogP contribution in [0.2, 0.25) is 0 Å². The molecule has 1 aliphatic rings. The third-order valence-electron chi connectivity index (χ3n) is 7.49. The van der Waals surface area contributed by atoms with Crippen LogP contribution >= 0.6 is 6.64 Å². The maximum atomic E-state index is 16.5. The van der Waals surface area contributed by atoms with Gasteiger partial charge in [-0.25, -0.2) is 14.5 Å². The van der Waals surface area contributed by atoms with E-state index in [-0.39, 0.29) is 23.6 Å². The van der Waals surface area contributed by atoms with Gasteiger partial charge in [-0.15, -0.1) is 6.42 Å². The van der Waals surface area contributed by atoms with Crippen LogP contribution in [0.25, 0.3) is 21.9 Å². The highest BCUT2D eigenvalue weighted by Gasteiger charge is 2.58. The predicted molar refractivity (Wildman–Crippen MR) is 184 cm³/mol. The second-order valence-corrected chi connectivity index (χ2v) is 16.0. The Morgan fingerprint density at radius 1 is 1.29 bits per heavy atom. The number of hydrogen-bond donors (Lipinski definition) is 3. The molecule has 5 rings (SSSR count). The normalized spacial score (nSPS) is 23.0. The molecule has 3 heterocycles. The third-order valence-corrected chi connectivity index (χ3v) is 9.98. The van der Waals surface area contributed by atoms with Crippen LogP contribution in [0.5, 0.6) is 5.75 Å². The van der Waals surface area contributed by atoms with Gasteiger partial charge in [-0.05, 0) is 35.6 Å². The number of nitrogen functional groups attached to an aromatic ring is 1. The molecule has 0 saturated carbocycles. The number of ether oxygens (including phenoxy) is 2. The first-order valence-corrected chi connectivity index (χ1v) is 17.7. The molecule has 0 aliphatic carbocycles. The monoisotopic (exact) mass is 699 g/mol. The number of halogens is 1. The molecule has 13 nitrogen and oxygen atoms in total. The van der Waals surface area contributed by atoms with Crippen LogP contribution in [0.1, 0.15) is 33.9 Å². The number of fused-ring (bicyclic) bond motifs is 2. The van der Waals surface area contributed by atoms with E-state index in [2.05, 4.69) is 20.0 Å². The van der Waals surface area contributed by atoms with Crippen LogP contribution in [0.3, 0.4) is 0 Å². The molecule has 0 amide bonds. The highest BCUT2D eigenvalue weighted by molar-refractivity contribution is 8.09. The summed E-state index contributed by atoms with van der Waals surface area (Å²) in [6, 6.07) is 12.0. The van der Waals surface area contributed by atoms with Crippen LogP contribution in [-0.4, -0.2) is 81.8 Å². The summed E-state index contributed by atoms with van der Waals surface area (Å²) in [5.41, 5.74) is 3.41. The summed E-state index contributed by atoms with van der Waals surface area (Å²) in [6.07, 6.45) is 2.18. The number of nitrogens with one attached hydrogen (secondary N) is 1. The van der Waals surface area contributed by atoms with Gasteiger partial charge in [0.05, 0.1) is 19.5 Å². The van der Waals surface area contributed by atoms with Gasteiger partial charge in [0.25, 0.3) is 0 Å². The first-order chi connectivity index (χ1) is 22.5. The number of imidazole rings is 1. The summed E-state index contributed by atoms with van der Waals surface area (Å²) in [4.78, 5) is 27.4. The number of carbonyl (C=O) groups excluding carboxylic acids is 1. The summed E-state index contributed by atoms with van der Waals surface area (Å²) in [6.45, 7) is 3.46. The molecule has 2 aromatic heterocycles. The van der Waals surface area contributed by atoms with Gasteiger partial charge in [0.15, 0.2) is 23.2 Å². The molecule has 1 saturated heterocycles. The van der Waals surface area contributed by atoms with Gasteiger partial charge < -0.3 is 34.3 Å². The zero-order valence-electron chi connectivity index (χ0n) is 27.5. The fourth-order valence-electron chi connectivity index (χ4n) is 5.08. The molecule has 2 aromatic carbocycles. The van der Waals surface area contributed by atoms with Crippen molar-refractivity contribution in [2.24, 2.45) is 5.41 Å². The number of aromatic nitrogens is 4. The van der Waals surface area contributed by atoms with Crippen molar-refractivity contribution in [1.82, 2.24) is 24.6 Å². The standard InChI is InChI=1S/C32H39FN7O6PS/c1-8-32(33)25(41)23(45-29(32)40-18-35-24-26(39(6)7)36-30(34)37-27(24)40)16-44-47(48,38-19(2)28(42)43-17-31(3,4)5)46-22-15-11-13-20-12-9-10-14-21(20)22/h1,9-15,18-19,23,25,29,41H,16-17H2,2-7H3,(H,38,48)(H2,34,36,37)/t19-,23-,25-,29-,32-,47?/m1/s1. The molecule has 0 spiro atoms. The van der Waals surface area contributed by atoms with Crippen molar-refractivity contribution in [3.63, 3.8) is 0 Å². The van der Waals surface area contributed by atoms with E-state index < -0.39 is 49.4 Å². The molecule has 0 bridgehead atoms. The molecule has 4 N–H and O–H groups in total.